The molecule has 0 fully saturated rings. The summed E-state index contributed by atoms with van der Waals surface area (Å²) in [5, 5.41) is 2.88. The number of fused-ring (bicyclic) bond motifs is 1. The number of aryl methyl sites for hydroxylation is 1. The van der Waals surface area contributed by atoms with Crippen LogP contribution in [0.2, 0.25) is 0 Å². The van der Waals surface area contributed by atoms with Gasteiger partial charge < -0.3 is 14.8 Å². The predicted octanol–water partition coefficient (Wildman–Crippen LogP) is 0.126. The van der Waals surface area contributed by atoms with Gasteiger partial charge in [-0.25, -0.2) is 9.78 Å². The molecular weight excluding hydrogens is 384 g/mol. The van der Waals surface area contributed by atoms with Gasteiger partial charge in [0.25, 0.3) is 5.56 Å². The van der Waals surface area contributed by atoms with Crippen LogP contribution in [0.15, 0.2) is 40.2 Å². The molecule has 30 heavy (non-hydrogen) atoms. The van der Waals surface area contributed by atoms with E-state index in [1.165, 1.54) is 28.1 Å². The van der Waals surface area contributed by atoms with E-state index in [1.807, 2.05) is 50.2 Å². The zero-order valence-electron chi connectivity index (χ0n) is 17.9. The van der Waals surface area contributed by atoms with E-state index in [2.05, 4.69) is 10.3 Å². The number of hydrogen-bond acceptors (Lipinski definition) is 5. The standard InChI is InChI=1S/C21H28N6O3/c1-15-5-7-16(8-6-15)9-10-22-17(28)13-26-14-23-19-18(26)20(29)25(4)21(30)27(19)12-11-24(2)3/h5-8,14H,9-13H2,1-4H3,(H,22,28). The number of hydrogen-bond donors (Lipinski definition) is 1. The molecule has 0 saturated carbocycles. The van der Waals surface area contributed by atoms with Crippen molar-refractivity contribution in [1.82, 2.24) is 28.9 Å². The minimum Gasteiger partial charge on any atom is -0.354 e. The van der Waals surface area contributed by atoms with Crippen LogP contribution in [0.25, 0.3) is 11.2 Å². The van der Waals surface area contributed by atoms with Crippen LogP contribution in [-0.2, 0) is 31.4 Å². The van der Waals surface area contributed by atoms with Gasteiger partial charge in [-0.05, 0) is 33.0 Å². The number of rotatable bonds is 8. The smallest absolute Gasteiger partial charge is 0.332 e. The summed E-state index contributed by atoms with van der Waals surface area (Å²) in [6, 6.07) is 8.17. The first-order chi connectivity index (χ1) is 14.3. The largest absolute Gasteiger partial charge is 0.354 e. The molecule has 2 heterocycles. The lowest BCUT2D eigenvalue weighted by molar-refractivity contribution is -0.121. The molecule has 160 valence electrons. The minimum atomic E-state index is -0.457. The number of nitrogens with zero attached hydrogens (tertiary/aromatic N) is 5. The molecule has 0 bridgehead atoms. The van der Waals surface area contributed by atoms with Crippen LogP contribution in [0.3, 0.4) is 0 Å². The molecule has 0 aliphatic carbocycles. The Morgan fingerprint density at radius 2 is 1.87 bits per heavy atom. The fourth-order valence-corrected chi connectivity index (χ4v) is 3.24. The maximum Gasteiger partial charge on any atom is 0.332 e. The Hall–Kier alpha value is -3.20. The second kappa shape index (κ2) is 9.08. The highest BCUT2D eigenvalue weighted by atomic mass is 16.2. The van der Waals surface area contributed by atoms with Crippen LogP contribution >= 0.6 is 0 Å². The Balaban J connectivity index is 1.76. The summed E-state index contributed by atoms with van der Waals surface area (Å²) in [5.74, 6) is -0.213. The van der Waals surface area contributed by atoms with Crippen molar-refractivity contribution in [2.24, 2.45) is 7.05 Å². The van der Waals surface area contributed by atoms with Gasteiger partial charge in [0.2, 0.25) is 5.91 Å². The SMILES string of the molecule is Cc1ccc(CCNC(=O)Cn2cnc3c2c(=O)n(C)c(=O)n3CCN(C)C)cc1. The topological polar surface area (TPSA) is 94.2 Å². The van der Waals surface area contributed by atoms with Crippen LogP contribution in [0, 0.1) is 6.92 Å². The summed E-state index contributed by atoms with van der Waals surface area (Å²) < 4.78 is 4.04. The lowest BCUT2D eigenvalue weighted by atomic mass is 10.1. The third-order valence-electron chi connectivity index (χ3n) is 5.04. The van der Waals surface area contributed by atoms with Gasteiger partial charge in [-0.2, -0.15) is 0 Å². The maximum atomic E-state index is 12.7. The molecule has 0 atom stereocenters. The van der Waals surface area contributed by atoms with Gasteiger partial charge in [0, 0.05) is 26.7 Å². The molecule has 9 nitrogen and oxygen atoms in total. The lowest BCUT2D eigenvalue weighted by Crippen LogP contribution is -2.40. The van der Waals surface area contributed by atoms with Gasteiger partial charge in [0.15, 0.2) is 11.2 Å². The van der Waals surface area contributed by atoms with Crippen LogP contribution in [0.4, 0.5) is 0 Å². The summed E-state index contributed by atoms with van der Waals surface area (Å²) in [7, 11) is 5.25. The molecule has 2 aromatic heterocycles. The van der Waals surface area contributed by atoms with Crippen molar-refractivity contribution in [1.29, 1.82) is 0 Å². The number of carbonyl (C=O) groups is 1. The molecule has 0 aliphatic heterocycles. The quantitative estimate of drug-likeness (QED) is 0.567. The highest BCUT2D eigenvalue weighted by Gasteiger charge is 2.17. The minimum absolute atomic E-state index is 0.0362. The first kappa shape index (κ1) is 21.5. The van der Waals surface area contributed by atoms with Crippen LogP contribution in [-0.4, -0.2) is 56.7 Å². The third-order valence-corrected chi connectivity index (χ3v) is 5.04. The van der Waals surface area contributed by atoms with E-state index in [-0.39, 0.29) is 18.0 Å². The van der Waals surface area contributed by atoms with E-state index in [0.717, 1.165) is 16.6 Å². The molecule has 1 amide bonds. The first-order valence-corrected chi connectivity index (χ1v) is 9.89. The zero-order chi connectivity index (χ0) is 21.8. The molecule has 0 spiro atoms. The molecular formula is C21H28N6O3. The van der Waals surface area contributed by atoms with Gasteiger partial charge >= 0.3 is 5.69 Å². The molecule has 0 saturated heterocycles. The van der Waals surface area contributed by atoms with E-state index in [1.54, 1.807) is 0 Å². The molecule has 0 aliphatic rings. The zero-order valence-corrected chi connectivity index (χ0v) is 17.9. The number of aromatic nitrogens is 4. The van der Waals surface area contributed by atoms with E-state index < -0.39 is 11.2 Å². The van der Waals surface area contributed by atoms with Crippen molar-refractivity contribution in [3.05, 3.63) is 62.6 Å². The Kier molecular flexibility index (Phi) is 6.51. The van der Waals surface area contributed by atoms with E-state index in [4.69, 9.17) is 0 Å². The highest BCUT2D eigenvalue weighted by molar-refractivity contribution is 5.78. The van der Waals surface area contributed by atoms with Gasteiger partial charge in [-0.3, -0.25) is 18.7 Å². The van der Waals surface area contributed by atoms with Crippen molar-refractivity contribution >= 4 is 17.1 Å². The van der Waals surface area contributed by atoms with Gasteiger partial charge in [0.1, 0.15) is 6.54 Å². The molecule has 9 heteroatoms. The van der Waals surface area contributed by atoms with Crippen molar-refractivity contribution in [3.8, 4) is 0 Å². The molecule has 3 aromatic rings. The van der Waals surface area contributed by atoms with Gasteiger partial charge in [-0.1, -0.05) is 29.8 Å². The number of likely N-dealkylation sites (N-methyl/N-ethyl adjacent to an activating group) is 1. The average Bonchev–Trinajstić information content (AvgIpc) is 3.11. The first-order valence-electron chi connectivity index (χ1n) is 9.89. The fourth-order valence-electron chi connectivity index (χ4n) is 3.24. The van der Waals surface area contributed by atoms with Crippen LogP contribution < -0.4 is 16.6 Å². The number of benzene rings is 1. The second-order valence-corrected chi connectivity index (χ2v) is 7.73. The Morgan fingerprint density at radius 3 is 2.53 bits per heavy atom. The molecule has 3 rings (SSSR count). The second-order valence-electron chi connectivity index (χ2n) is 7.73. The third kappa shape index (κ3) is 4.68. The maximum absolute atomic E-state index is 12.7. The summed E-state index contributed by atoms with van der Waals surface area (Å²) in [6.07, 6.45) is 2.17. The van der Waals surface area contributed by atoms with Crippen molar-refractivity contribution in [3.63, 3.8) is 0 Å². The molecule has 0 unspecified atom stereocenters. The summed E-state index contributed by atoms with van der Waals surface area (Å²) >= 11 is 0. The molecule has 1 aromatic carbocycles. The van der Waals surface area contributed by atoms with E-state index in [0.29, 0.717) is 25.3 Å². The van der Waals surface area contributed by atoms with Crippen molar-refractivity contribution < 1.29 is 4.79 Å². The number of imidazole rings is 1. The molecule has 1 N–H and O–H groups in total. The highest BCUT2D eigenvalue weighted by Crippen LogP contribution is 2.07. The lowest BCUT2D eigenvalue weighted by Gasteiger charge is -2.13. The van der Waals surface area contributed by atoms with E-state index >= 15 is 0 Å². The summed E-state index contributed by atoms with van der Waals surface area (Å²) in [5.41, 5.74) is 2.03. The Labute approximate surface area is 174 Å². The number of carbonyl (C=O) groups excluding carboxylic acids is 1. The number of amides is 1. The van der Waals surface area contributed by atoms with Crippen LogP contribution in [0.1, 0.15) is 11.1 Å². The Bertz CT molecular complexity index is 1150. The number of nitrogens with one attached hydrogen (secondary N) is 1. The monoisotopic (exact) mass is 412 g/mol. The van der Waals surface area contributed by atoms with E-state index in [9.17, 15) is 14.4 Å². The summed E-state index contributed by atoms with van der Waals surface area (Å²) in [4.78, 5) is 43.8. The molecule has 0 radical (unpaired) electrons. The van der Waals surface area contributed by atoms with Gasteiger partial charge in [0.05, 0.1) is 6.33 Å². The predicted molar refractivity (Wildman–Crippen MR) is 116 cm³/mol. The van der Waals surface area contributed by atoms with Gasteiger partial charge in [-0.15, -0.1) is 0 Å². The summed E-state index contributed by atoms with van der Waals surface area (Å²) in [6.45, 7) is 3.52. The van der Waals surface area contributed by atoms with Crippen molar-refractivity contribution in [2.75, 3.05) is 27.2 Å². The fraction of sp³-hybridized carbons (Fsp3) is 0.429. The normalized spacial score (nSPS) is 11.4. The average molecular weight is 412 g/mol. The van der Waals surface area contributed by atoms with Crippen molar-refractivity contribution in [2.45, 2.75) is 26.4 Å². The Morgan fingerprint density at radius 1 is 1.17 bits per heavy atom. The van der Waals surface area contributed by atoms with Crippen LogP contribution in [0.5, 0.6) is 0 Å².